The van der Waals surface area contributed by atoms with Crippen LogP contribution >= 0.6 is 11.3 Å². The van der Waals surface area contributed by atoms with Gasteiger partial charge < -0.3 is 10.1 Å². The SMILES string of the molecule is CCOC(=O)c1c(NC(=O)Cn2cc([N+](=O)[O-])ccc2=O)sc2c1CC[C@H](C)C2. The molecule has 0 aromatic carbocycles. The van der Waals surface area contributed by atoms with E-state index in [1.54, 1.807) is 6.92 Å². The Morgan fingerprint density at radius 3 is 2.86 bits per heavy atom. The van der Waals surface area contributed by atoms with E-state index < -0.39 is 28.9 Å². The highest BCUT2D eigenvalue weighted by molar-refractivity contribution is 7.17. The number of nitrogens with zero attached hydrogens (tertiary/aromatic N) is 2. The Hall–Kier alpha value is -3.01. The molecule has 2 heterocycles. The van der Waals surface area contributed by atoms with Gasteiger partial charge in [0, 0.05) is 17.0 Å². The van der Waals surface area contributed by atoms with E-state index in [-0.39, 0.29) is 12.3 Å². The van der Waals surface area contributed by atoms with Crippen LogP contribution in [0.3, 0.4) is 0 Å². The van der Waals surface area contributed by atoms with Crippen molar-refractivity contribution < 1.29 is 19.2 Å². The summed E-state index contributed by atoms with van der Waals surface area (Å²) in [4.78, 5) is 48.3. The van der Waals surface area contributed by atoms with Crippen LogP contribution in [0.15, 0.2) is 23.1 Å². The molecule has 0 saturated carbocycles. The second-order valence-electron chi connectivity index (χ2n) is 6.94. The number of esters is 1. The van der Waals surface area contributed by atoms with Crippen molar-refractivity contribution in [3.8, 4) is 0 Å². The van der Waals surface area contributed by atoms with Gasteiger partial charge in [0.05, 0.1) is 23.3 Å². The lowest BCUT2D eigenvalue weighted by Gasteiger charge is -2.18. The van der Waals surface area contributed by atoms with E-state index >= 15 is 0 Å². The zero-order chi connectivity index (χ0) is 21.1. The van der Waals surface area contributed by atoms with Crippen molar-refractivity contribution in [2.75, 3.05) is 11.9 Å². The first-order valence-corrected chi connectivity index (χ1v) is 10.1. The van der Waals surface area contributed by atoms with E-state index in [1.165, 1.54) is 11.3 Å². The van der Waals surface area contributed by atoms with Crippen LogP contribution in [0, 0.1) is 16.0 Å². The van der Waals surface area contributed by atoms with Crippen LogP contribution in [-0.2, 0) is 28.9 Å². The third-order valence-electron chi connectivity index (χ3n) is 4.74. The highest BCUT2D eigenvalue weighted by Crippen LogP contribution is 2.40. The summed E-state index contributed by atoms with van der Waals surface area (Å²) < 4.78 is 6.13. The molecule has 0 saturated heterocycles. The molecule has 10 heteroatoms. The Morgan fingerprint density at radius 1 is 1.41 bits per heavy atom. The van der Waals surface area contributed by atoms with Crippen molar-refractivity contribution in [1.29, 1.82) is 0 Å². The Morgan fingerprint density at radius 2 is 2.17 bits per heavy atom. The lowest BCUT2D eigenvalue weighted by atomic mass is 9.88. The van der Waals surface area contributed by atoms with Crippen LogP contribution in [-0.4, -0.2) is 28.0 Å². The summed E-state index contributed by atoms with van der Waals surface area (Å²) in [6, 6.07) is 2.13. The maximum absolute atomic E-state index is 12.5. The monoisotopic (exact) mass is 419 g/mol. The first-order valence-electron chi connectivity index (χ1n) is 9.26. The predicted octanol–water partition coefficient (Wildman–Crippen LogP) is 2.76. The molecule has 0 radical (unpaired) electrons. The van der Waals surface area contributed by atoms with E-state index in [2.05, 4.69) is 12.2 Å². The minimum absolute atomic E-state index is 0.219. The number of aromatic nitrogens is 1. The fourth-order valence-electron chi connectivity index (χ4n) is 3.33. The average Bonchev–Trinajstić information content (AvgIpc) is 3.00. The second-order valence-corrected chi connectivity index (χ2v) is 8.04. The quantitative estimate of drug-likeness (QED) is 0.437. The highest BCUT2D eigenvalue weighted by atomic mass is 32.1. The Balaban J connectivity index is 1.87. The molecule has 1 aliphatic carbocycles. The van der Waals surface area contributed by atoms with Crippen LogP contribution in [0.5, 0.6) is 0 Å². The van der Waals surface area contributed by atoms with Crippen molar-refractivity contribution in [2.24, 2.45) is 5.92 Å². The molecule has 0 spiro atoms. The van der Waals surface area contributed by atoms with Gasteiger partial charge in [-0.2, -0.15) is 0 Å². The first kappa shape index (κ1) is 20.7. The van der Waals surface area contributed by atoms with Gasteiger partial charge >= 0.3 is 5.97 Å². The second kappa shape index (κ2) is 8.56. The number of nitrogens with one attached hydrogen (secondary N) is 1. The Labute approximate surface area is 170 Å². The van der Waals surface area contributed by atoms with Gasteiger partial charge in [-0.05, 0) is 37.7 Å². The molecule has 2 aromatic heterocycles. The summed E-state index contributed by atoms with van der Waals surface area (Å²) in [6.45, 7) is 3.67. The van der Waals surface area contributed by atoms with E-state index in [1.807, 2.05) is 0 Å². The number of amides is 1. The largest absolute Gasteiger partial charge is 0.462 e. The van der Waals surface area contributed by atoms with Crippen LogP contribution in [0.2, 0.25) is 0 Å². The standard InChI is InChI=1S/C19H21N3O6S/c1-3-28-19(25)17-13-6-4-11(2)8-14(13)29-18(17)20-15(23)10-21-9-12(22(26)27)5-7-16(21)24/h5,7,9,11H,3-4,6,8,10H2,1-2H3,(H,20,23)/t11-/m0/s1. The molecule has 3 rings (SSSR count). The third kappa shape index (κ3) is 4.53. The van der Waals surface area contributed by atoms with Crippen molar-refractivity contribution in [1.82, 2.24) is 4.57 Å². The zero-order valence-electron chi connectivity index (χ0n) is 16.1. The van der Waals surface area contributed by atoms with E-state index in [9.17, 15) is 24.5 Å². The van der Waals surface area contributed by atoms with Crippen LogP contribution in [0.1, 0.15) is 41.1 Å². The number of hydrogen-bond acceptors (Lipinski definition) is 7. The van der Waals surface area contributed by atoms with Crippen LogP contribution < -0.4 is 10.9 Å². The minimum atomic E-state index is -0.638. The molecule has 0 bridgehead atoms. The summed E-state index contributed by atoms with van der Waals surface area (Å²) in [7, 11) is 0. The van der Waals surface area contributed by atoms with Gasteiger partial charge in [-0.1, -0.05) is 6.92 Å². The number of ether oxygens (including phenoxy) is 1. The number of fused-ring (bicyclic) bond motifs is 1. The molecule has 9 nitrogen and oxygen atoms in total. The van der Waals surface area contributed by atoms with Gasteiger partial charge in [-0.15, -0.1) is 11.3 Å². The third-order valence-corrected chi connectivity index (χ3v) is 5.91. The number of carbonyl (C=O) groups excluding carboxylic acids is 2. The van der Waals surface area contributed by atoms with E-state index in [0.29, 0.717) is 16.5 Å². The normalized spacial score (nSPS) is 15.4. The average molecular weight is 419 g/mol. The molecule has 29 heavy (non-hydrogen) atoms. The van der Waals surface area contributed by atoms with Crippen LogP contribution in [0.4, 0.5) is 10.7 Å². The lowest BCUT2D eigenvalue weighted by molar-refractivity contribution is -0.385. The molecule has 1 amide bonds. The molecule has 1 aliphatic rings. The topological polar surface area (TPSA) is 121 Å². The molecular formula is C19H21N3O6S. The molecule has 0 aliphatic heterocycles. The number of rotatable bonds is 6. The first-order chi connectivity index (χ1) is 13.8. The smallest absolute Gasteiger partial charge is 0.341 e. The van der Waals surface area contributed by atoms with Gasteiger partial charge in [-0.3, -0.25) is 24.3 Å². The summed E-state index contributed by atoms with van der Waals surface area (Å²) in [5, 5.41) is 14.0. The highest BCUT2D eigenvalue weighted by Gasteiger charge is 2.29. The molecule has 154 valence electrons. The minimum Gasteiger partial charge on any atom is -0.462 e. The number of pyridine rings is 1. The van der Waals surface area contributed by atoms with Gasteiger partial charge in [-0.25, -0.2) is 4.79 Å². The number of hydrogen-bond donors (Lipinski definition) is 1. The zero-order valence-corrected chi connectivity index (χ0v) is 16.9. The van der Waals surface area contributed by atoms with Crippen LogP contribution in [0.25, 0.3) is 0 Å². The molecule has 1 N–H and O–H groups in total. The molecule has 2 aromatic rings. The molecule has 0 fully saturated rings. The molecule has 1 atom stereocenters. The van der Waals surface area contributed by atoms with E-state index in [0.717, 1.165) is 52.6 Å². The lowest BCUT2D eigenvalue weighted by Crippen LogP contribution is -2.27. The number of thiophene rings is 1. The van der Waals surface area contributed by atoms with Gasteiger partial charge in [0.2, 0.25) is 5.91 Å². The maximum atomic E-state index is 12.5. The summed E-state index contributed by atoms with van der Waals surface area (Å²) in [5.41, 5.74) is 0.466. The molecule has 0 unspecified atom stereocenters. The fraction of sp³-hybridized carbons (Fsp3) is 0.421. The summed E-state index contributed by atoms with van der Waals surface area (Å²) in [5.74, 6) is -0.546. The van der Waals surface area contributed by atoms with Gasteiger partial charge in [0.15, 0.2) is 0 Å². The summed E-state index contributed by atoms with van der Waals surface area (Å²) in [6.07, 6.45) is 3.54. The Kier molecular flexibility index (Phi) is 6.12. The van der Waals surface area contributed by atoms with Crippen molar-refractivity contribution >= 4 is 33.9 Å². The van der Waals surface area contributed by atoms with Crippen molar-refractivity contribution in [3.05, 3.63) is 54.8 Å². The van der Waals surface area contributed by atoms with Crippen molar-refractivity contribution in [2.45, 2.75) is 39.7 Å². The van der Waals surface area contributed by atoms with Gasteiger partial charge in [0.1, 0.15) is 11.5 Å². The fourth-order valence-corrected chi connectivity index (χ4v) is 4.74. The number of carbonyl (C=O) groups is 2. The predicted molar refractivity (Wildman–Crippen MR) is 107 cm³/mol. The maximum Gasteiger partial charge on any atom is 0.341 e. The molecular weight excluding hydrogens is 398 g/mol. The number of anilines is 1. The number of nitro groups is 1. The Bertz CT molecular complexity index is 1030. The van der Waals surface area contributed by atoms with E-state index in [4.69, 9.17) is 4.74 Å². The summed E-state index contributed by atoms with van der Waals surface area (Å²) >= 11 is 1.34. The van der Waals surface area contributed by atoms with Gasteiger partial charge in [0.25, 0.3) is 11.2 Å². The van der Waals surface area contributed by atoms with Crippen molar-refractivity contribution in [3.63, 3.8) is 0 Å².